The molecule has 0 radical (unpaired) electrons. The summed E-state index contributed by atoms with van der Waals surface area (Å²) in [6, 6.07) is 8.99. The van der Waals surface area contributed by atoms with Crippen LogP contribution in [-0.2, 0) is 10.2 Å². The first-order chi connectivity index (χ1) is 9.84. The van der Waals surface area contributed by atoms with Gasteiger partial charge >= 0.3 is 0 Å². The molecule has 1 fully saturated rings. The zero-order valence-corrected chi connectivity index (χ0v) is 13.7. The molecule has 2 unspecified atom stereocenters. The normalized spacial score (nSPS) is 20.6. The summed E-state index contributed by atoms with van der Waals surface area (Å²) in [6.07, 6.45) is 2.13. The summed E-state index contributed by atoms with van der Waals surface area (Å²) in [5.74, 6) is 0.111. The van der Waals surface area contributed by atoms with Crippen LogP contribution in [0.3, 0.4) is 0 Å². The number of nitrogens with zero attached hydrogens (tertiary/aromatic N) is 1. The van der Waals surface area contributed by atoms with E-state index >= 15 is 0 Å². The lowest BCUT2D eigenvalue weighted by atomic mass is 9.86. The van der Waals surface area contributed by atoms with Gasteiger partial charge in [-0.05, 0) is 29.4 Å². The molecule has 1 aliphatic rings. The number of carbonyl (C=O) groups excluding carboxylic acids is 1. The minimum Gasteiger partial charge on any atom is -0.335 e. The maximum atomic E-state index is 12.4. The predicted octanol–water partition coefficient (Wildman–Crippen LogP) is 3.24. The number of benzene rings is 1. The topological polar surface area (TPSA) is 46.3 Å². The van der Waals surface area contributed by atoms with Crippen molar-refractivity contribution in [1.82, 2.24) is 4.90 Å². The Morgan fingerprint density at radius 1 is 1.33 bits per heavy atom. The third-order valence-corrected chi connectivity index (χ3v) is 4.47. The number of carbonyl (C=O) groups is 1. The van der Waals surface area contributed by atoms with Crippen molar-refractivity contribution in [1.29, 1.82) is 0 Å². The molecule has 0 saturated carbocycles. The van der Waals surface area contributed by atoms with Crippen molar-refractivity contribution in [3.05, 3.63) is 35.4 Å². The van der Waals surface area contributed by atoms with E-state index in [-0.39, 0.29) is 23.3 Å². The fraction of sp³-hybridized carbons (Fsp3) is 0.611. The van der Waals surface area contributed by atoms with Crippen LogP contribution in [-0.4, -0.2) is 23.9 Å². The maximum Gasteiger partial charge on any atom is 0.227 e. The van der Waals surface area contributed by atoms with Crippen LogP contribution < -0.4 is 5.73 Å². The highest BCUT2D eigenvalue weighted by Crippen LogP contribution is 2.34. The molecule has 0 spiro atoms. The van der Waals surface area contributed by atoms with Gasteiger partial charge in [0.05, 0.1) is 6.04 Å². The molecular weight excluding hydrogens is 260 g/mol. The molecule has 116 valence electrons. The van der Waals surface area contributed by atoms with Crippen molar-refractivity contribution in [2.75, 3.05) is 13.1 Å². The van der Waals surface area contributed by atoms with Crippen LogP contribution >= 0.6 is 0 Å². The minimum atomic E-state index is -0.0838. The Kier molecular flexibility index (Phi) is 4.72. The van der Waals surface area contributed by atoms with Crippen LogP contribution in [0.15, 0.2) is 24.3 Å². The van der Waals surface area contributed by atoms with Gasteiger partial charge in [-0.15, -0.1) is 0 Å². The summed E-state index contributed by atoms with van der Waals surface area (Å²) < 4.78 is 0. The largest absolute Gasteiger partial charge is 0.335 e. The SMILES string of the molecule is CC(CN)C(=O)N1CCCC1c1ccc(C(C)(C)C)cc1. The van der Waals surface area contributed by atoms with Crippen molar-refractivity contribution >= 4 is 5.91 Å². The van der Waals surface area contributed by atoms with Crippen LogP contribution in [0.1, 0.15) is 57.7 Å². The van der Waals surface area contributed by atoms with E-state index in [1.165, 1.54) is 11.1 Å². The lowest BCUT2D eigenvalue weighted by Crippen LogP contribution is -2.37. The van der Waals surface area contributed by atoms with E-state index in [9.17, 15) is 4.79 Å². The van der Waals surface area contributed by atoms with Gasteiger partial charge in [0.25, 0.3) is 0 Å². The molecular formula is C18H28N2O. The Hall–Kier alpha value is -1.35. The van der Waals surface area contributed by atoms with E-state index in [1.54, 1.807) is 0 Å². The first-order valence-corrected chi connectivity index (χ1v) is 7.95. The highest BCUT2D eigenvalue weighted by molar-refractivity contribution is 5.79. The average Bonchev–Trinajstić information content (AvgIpc) is 2.94. The third-order valence-electron chi connectivity index (χ3n) is 4.47. The first-order valence-electron chi connectivity index (χ1n) is 7.95. The smallest absolute Gasteiger partial charge is 0.227 e. The van der Waals surface area contributed by atoms with E-state index in [0.29, 0.717) is 6.54 Å². The number of hydrogen-bond acceptors (Lipinski definition) is 2. The predicted molar refractivity (Wildman–Crippen MR) is 87.0 cm³/mol. The average molecular weight is 288 g/mol. The second-order valence-corrected chi connectivity index (χ2v) is 7.20. The molecule has 0 bridgehead atoms. The number of rotatable bonds is 3. The van der Waals surface area contributed by atoms with Crippen LogP contribution in [0.4, 0.5) is 0 Å². The summed E-state index contributed by atoms with van der Waals surface area (Å²) >= 11 is 0. The maximum absolute atomic E-state index is 12.4. The Bertz CT molecular complexity index is 487. The van der Waals surface area contributed by atoms with E-state index in [0.717, 1.165) is 19.4 Å². The molecule has 21 heavy (non-hydrogen) atoms. The standard InChI is InChI=1S/C18H28N2O/c1-13(12-19)17(21)20-11-5-6-16(20)14-7-9-15(10-8-14)18(2,3)4/h7-10,13,16H,5-6,11-12,19H2,1-4H3. The monoisotopic (exact) mass is 288 g/mol. The quantitative estimate of drug-likeness (QED) is 0.928. The second kappa shape index (κ2) is 6.18. The highest BCUT2D eigenvalue weighted by Gasteiger charge is 2.31. The van der Waals surface area contributed by atoms with Gasteiger partial charge in [0.1, 0.15) is 0 Å². The van der Waals surface area contributed by atoms with Crippen molar-refractivity contribution in [2.24, 2.45) is 11.7 Å². The van der Waals surface area contributed by atoms with Crippen LogP contribution in [0, 0.1) is 5.92 Å². The summed E-state index contributed by atoms with van der Waals surface area (Å²) in [5.41, 5.74) is 8.39. The van der Waals surface area contributed by atoms with Gasteiger partial charge in [-0.3, -0.25) is 4.79 Å². The fourth-order valence-electron chi connectivity index (χ4n) is 2.97. The Balaban J connectivity index is 2.18. The van der Waals surface area contributed by atoms with E-state index in [2.05, 4.69) is 45.0 Å². The van der Waals surface area contributed by atoms with E-state index < -0.39 is 0 Å². The molecule has 1 aromatic rings. The van der Waals surface area contributed by atoms with Gasteiger partial charge in [0.15, 0.2) is 0 Å². The first kappa shape index (κ1) is 16.0. The lowest BCUT2D eigenvalue weighted by molar-refractivity contribution is -0.135. The molecule has 2 atom stereocenters. The molecule has 2 N–H and O–H groups in total. The summed E-state index contributed by atoms with van der Waals surface area (Å²) in [4.78, 5) is 14.4. The summed E-state index contributed by atoms with van der Waals surface area (Å²) in [5, 5.41) is 0. The van der Waals surface area contributed by atoms with E-state index in [4.69, 9.17) is 5.73 Å². The number of hydrogen-bond donors (Lipinski definition) is 1. The van der Waals surface area contributed by atoms with Gasteiger partial charge in [0, 0.05) is 19.0 Å². The molecule has 0 aliphatic carbocycles. The second-order valence-electron chi connectivity index (χ2n) is 7.20. The molecule has 1 amide bonds. The van der Waals surface area contributed by atoms with Gasteiger partial charge < -0.3 is 10.6 Å². The summed E-state index contributed by atoms with van der Waals surface area (Å²) in [7, 11) is 0. The van der Waals surface area contributed by atoms with Crippen molar-refractivity contribution in [3.8, 4) is 0 Å². The zero-order chi connectivity index (χ0) is 15.6. The number of likely N-dealkylation sites (tertiary alicyclic amines) is 1. The van der Waals surface area contributed by atoms with Gasteiger partial charge in [0.2, 0.25) is 5.91 Å². The van der Waals surface area contributed by atoms with Gasteiger partial charge in [-0.25, -0.2) is 0 Å². The third kappa shape index (κ3) is 3.46. The highest BCUT2D eigenvalue weighted by atomic mass is 16.2. The lowest BCUT2D eigenvalue weighted by Gasteiger charge is -2.28. The summed E-state index contributed by atoms with van der Waals surface area (Å²) in [6.45, 7) is 9.85. The van der Waals surface area contributed by atoms with Gasteiger partial charge in [-0.2, -0.15) is 0 Å². The van der Waals surface area contributed by atoms with Gasteiger partial charge in [-0.1, -0.05) is 52.0 Å². The van der Waals surface area contributed by atoms with Crippen LogP contribution in [0.25, 0.3) is 0 Å². The molecule has 1 saturated heterocycles. The molecule has 3 heteroatoms. The Labute approximate surface area is 128 Å². The van der Waals surface area contributed by atoms with Crippen LogP contribution in [0.2, 0.25) is 0 Å². The molecule has 0 aromatic heterocycles. The van der Waals surface area contributed by atoms with E-state index in [1.807, 2.05) is 11.8 Å². The van der Waals surface area contributed by atoms with Crippen LogP contribution in [0.5, 0.6) is 0 Å². The molecule has 1 aliphatic heterocycles. The minimum absolute atomic E-state index is 0.0838. The number of amides is 1. The van der Waals surface area contributed by atoms with Crippen molar-refractivity contribution in [2.45, 2.75) is 52.0 Å². The Morgan fingerprint density at radius 2 is 1.95 bits per heavy atom. The molecule has 3 nitrogen and oxygen atoms in total. The van der Waals surface area contributed by atoms with Crippen molar-refractivity contribution in [3.63, 3.8) is 0 Å². The fourth-order valence-corrected chi connectivity index (χ4v) is 2.97. The number of nitrogens with two attached hydrogens (primary N) is 1. The molecule has 1 heterocycles. The van der Waals surface area contributed by atoms with Crippen molar-refractivity contribution < 1.29 is 4.79 Å². The molecule has 2 rings (SSSR count). The Morgan fingerprint density at radius 3 is 2.48 bits per heavy atom. The zero-order valence-electron chi connectivity index (χ0n) is 13.7. The molecule has 1 aromatic carbocycles.